The second-order valence-electron chi connectivity index (χ2n) is 4.01. The van der Waals surface area contributed by atoms with Gasteiger partial charge in [0.25, 0.3) is 0 Å². The van der Waals surface area contributed by atoms with Crippen LogP contribution in [0.2, 0.25) is 0 Å². The molecule has 1 aliphatic rings. The lowest BCUT2D eigenvalue weighted by Crippen LogP contribution is -1.83. The summed E-state index contributed by atoms with van der Waals surface area (Å²) in [5, 5.41) is 0. The number of halogens is 1. The lowest BCUT2D eigenvalue weighted by atomic mass is 10.1. The Labute approximate surface area is 78.8 Å². The fraction of sp³-hybridized carbons (Fsp3) is 0.500. The van der Waals surface area contributed by atoms with E-state index in [9.17, 15) is 4.39 Å². The van der Waals surface area contributed by atoms with Gasteiger partial charge in [0.1, 0.15) is 5.82 Å². The van der Waals surface area contributed by atoms with Crippen LogP contribution in [0.15, 0.2) is 24.3 Å². The third-order valence-corrected chi connectivity index (χ3v) is 3.29. The first-order valence-electron chi connectivity index (χ1n) is 4.99. The Hall–Kier alpha value is -0.850. The van der Waals surface area contributed by atoms with Gasteiger partial charge in [-0.3, -0.25) is 0 Å². The molecule has 3 atom stereocenters. The first-order valence-corrected chi connectivity index (χ1v) is 4.99. The molecule has 2 rings (SSSR count). The predicted octanol–water partition coefficient (Wildman–Crippen LogP) is 3.59. The minimum absolute atomic E-state index is 0.134. The summed E-state index contributed by atoms with van der Waals surface area (Å²) in [6.07, 6.45) is 1.24. The fourth-order valence-electron chi connectivity index (χ4n) is 2.41. The highest BCUT2D eigenvalue weighted by molar-refractivity contribution is 5.27. The smallest absolute Gasteiger partial charge is 0.123 e. The van der Waals surface area contributed by atoms with Crippen molar-refractivity contribution in [3.63, 3.8) is 0 Å². The Morgan fingerprint density at radius 1 is 1.23 bits per heavy atom. The van der Waals surface area contributed by atoms with Crippen LogP contribution in [0.1, 0.15) is 31.7 Å². The van der Waals surface area contributed by atoms with Gasteiger partial charge < -0.3 is 0 Å². The van der Waals surface area contributed by atoms with Gasteiger partial charge in [-0.15, -0.1) is 0 Å². The van der Waals surface area contributed by atoms with Gasteiger partial charge in [0.05, 0.1) is 0 Å². The topological polar surface area (TPSA) is 0 Å². The van der Waals surface area contributed by atoms with Crippen LogP contribution in [0.5, 0.6) is 0 Å². The van der Waals surface area contributed by atoms with Crippen molar-refractivity contribution in [1.82, 2.24) is 0 Å². The van der Waals surface area contributed by atoms with Crippen molar-refractivity contribution in [3.05, 3.63) is 35.6 Å². The molecule has 70 valence electrons. The van der Waals surface area contributed by atoms with Crippen LogP contribution >= 0.6 is 0 Å². The Morgan fingerprint density at radius 3 is 2.31 bits per heavy atom. The zero-order valence-electron chi connectivity index (χ0n) is 8.13. The minimum atomic E-state index is -0.134. The molecule has 0 aromatic heterocycles. The van der Waals surface area contributed by atoms with Gasteiger partial charge in [0.15, 0.2) is 0 Å². The molecule has 0 saturated heterocycles. The summed E-state index contributed by atoms with van der Waals surface area (Å²) >= 11 is 0. The van der Waals surface area contributed by atoms with Crippen molar-refractivity contribution < 1.29 is 4.39 Å². The standard InChI is InChI=1S/C12H15F/c1-3-11-8(2)12(11)9-4-6-10(13)7-5-9/h4-8,11-12H,3H2,1-2H3/t8-,11?,12?/m1/s1. The van der Waals surface area contributed by atoms with Crippen LogP contribution in [-0.2, 0) is 0 Å². The van der Waals surface area contributed by atoms with Gasteiger partial charge >= 0.3 is 0 Å². The lowest BCUT2D eigenvalue weighted by Gasteiger charge is -1.98. The van der Waals surface area contributed by atoms with Crippen molar-refractivity contribution in [2.45, 2.75) is 26.2 Å². The van der Waals surface area contributed by atoms with Crippen LogP contribution < -0.4 is 0 Å². The Balaban J connectivity index is 2.15. The lowest BCUT2D eigenvalue weighted by molar-refractivity contribution is 0.626. The molecule has 1 aliphatic carbocycles. The molecule has 0 bridgehead atoms. The van der Waals surface area contributed by atoms with Crippen LogP contribution in [0.25, 0.3) is 0 Å². The second-order valence-corrected chi connectivity index (χ2v) is 4.01. The van der Waals surface area contributed by atoms with E-state index in [4.69, 9.17) is 0 Å². The van der Waals surface area contributed by atoms with E-state index in [0.29, 0.717) is 5.92 Å². The molecule has 0 aliphatic heterocycles. The third kappa shape index (κ3) is 1.48. The van der Waals surface area contributed by atoms with Crippen molar-refractivity contribution in [3.8, 4) is 0 Å². The van der Waals surface area contributed by atoms with Crippen LogP contribution in [0, 0.1) is 17.7 Å². The highest BCUT2D eigenvalue weighted by Gasteiger charge is 2.45. The summed E-state index contributed by atoms with van der Waals surface area (Å²) in [6, 6.07) is 6.97. The maximum Gasteiger partial charge on any atom is 0.123 e. The summed E-state index contributed by atoms with van der Waals surface area (Å²) in [5.41, 5.74) is 1.31. The van der Waals surface area contributed by atoms with E-state index < -0.39 is 0 Å². The maximum atomic E-state index is 12.6. The van der Waals surface area contributed by atoms with Crippen LogP contribution in [0.4, 0.5) is 4.39 Å². The number of hydrogen-bond donors (Lipinski definition) is 0. The van der Waals surface area contributed by atoms with E-state index >= 15 is 0 Å². The molecule has 0 heterocycles. The molecule has 1 fully saturated rings. The molecular formula is C12H15F. The van der Waals surface area contributed by atoms with Crippen molar-refractivity contribution >= 4 is 0 Å². The molecule has 0 radical (unpaired) electrons. The van der Waals surface area contributed by atoms with E-state index in [-0.39, 0.29) is 5.82 Å². The molecule has 1 aromatic rings. The molecule has 13 heavy (non-hydrogen) atoms. The molecule has 0 nitrogen and oxygen atoms in total. The average Bonchev–Trinajstić information content (AvgIpc) is 2.78. The molecule has 0 amide bonds. The van der Waals surface area contributed by atoms with Gasteiger partial charge in [-0.1, -0.05) is 32.4 Å². The van der Waals surface area contributed by atoms with E-state index in [2.05, 4.69) is 13.8 Å². The minimum Gasteiger partial charge on any atom is -0.207 e. The summed E-state index contributed by atoms with van der Waals surface area (Å²) in [6.45, 7) is 4.51. The van der Waals surface area contributed by atoms with Crippen molar-refractivity contribution in [2.24, 2.45) is 11.8 Å². The van der Waals surface area contributed by atoms with Crippen molar-refractivity contribution in [1.29, 1.82) is 0 Å². The molecule has 2 unspecified atom stereocenters. The second kappa shape index (κ2) is 3.13. The van der Waals surface area contributed by atoms with Gasteiger partial charge in [-0.2, -0.15) is 0 Å². The zero-order valence-corrected chi connectivity index (χ0v) is 8.13. The summed E-state index contributed by atoms with van der Waals surface area (Å²) < 4.78 is 12.6. The first-order chi connectivity index (χ1) is 6.24. The molecule has 1 aromatic carbocycles. The Kier molecular flexibility index (Phi) is 2.10. The highest BCUT2D eigenvalue weighted by Crippen LogP contribution is 2.55. The first kappa shape index (κ1) is 8.74. The molecule has 1 heteroatoms. The highest BCUT2D eigenvalue weighted by atomic mass is 19.1. The van der Waals surface area contributed by atoms with Gasteiger partial charge in [-0.25, -0.2) is 4.39 Å². The zero-order chi connectivity index (χ0) is 9.42. The largest absolute Gasteiger partial charge is 0.207 e. The Bertz CT molecular complexity index is 288. The van der Waals surface area contributed by atoms with E-state index in [0.717, 1.165) is 11.8 Å². The average molecular weight is 178 g/mol. The molecule has 0 spiro atoms. The van der Waals surface area contributed by atoms with Crippen molar-refractivity contribution in [2.75, 3.05) is 0 Å². The summed E-state index contributed by atoms with van der Waals surface area (Å²) in [7, 11) is 0. The quantitative estimate of drug-likeness (QED) is 0.649. The van der Waals surface area contributed by atoms with Gasteiger partial charge in [-0.05, 0) is 35.4 Å². The SMILES string of the molecule is CCC1C(c2ccc(F)cc2)[C@@H]1C. The van der Waals surface area contributed by atoms with Crippen LogP contribution in [-0.4, -0.2) is 0 Å². The fourth-order valence-corrected chi connectivity index (χ4v) is 2.41. The third-order valence-electron chi connectivity index (χ3n) is 3.29. The normalized spacial score (nSPS) is 31.8. The van der Waals surface area contributed by atoms with E-state index in [1.54, 1.807) is 12.1 Å². The van der Waals surface area contributed by atoms with Gasteiger partial charge in [0, 0.05) is 0 Å². The predicted molar refractivity (Wildman–Crippen MR) is 52.1 cm³/mol. The molecular weight excluding hydrogens is 163 g/mol. The monoisotopic (exact) mass is 178 g/mol. The summed E-state index contributed by atoms with van der Waals surface area (Å²) in [5.74, 6) is 2.16. The molecule has 1 saturated carbocycles. The maximum absolute atomic E-state index is 12.6. The number of benzene rings is 1. The van der Waals surface area contributed by atoms with E-state index in [1.807, 2.05) is 12.1 Å². The molecule has 0 N–H and O–H groups in total. The Morgan fingerprint density at radius 2 is 1.85 bits per heavy atom. The number of hydrogen-bond acceptors (Lipinski definition) is 0. The van der Waals surface area contributed by atoms with Gasteiger partial charge in [0.2, 0.25) is 0 Å². The van der Waals surface area contributed by atoms with E-state index in [1.165, 1.54) is 12.0 Å². The number of rotatable bonds is 2. The van der Waals surface area contributed by atoms with Crippen LogP contribution in [0.3, 0.4) is 0 Å². The summed E-state index contributed by atoms with van der Waals surface area (Å²) in [4.78, 5) is 0.